The number of nitrogens with zero attached hydrogens (tertiary/aromatic N) is 1. The maximum atomic E-state index is 13.8. The third-order valence-electron chi connectivity index (χ3n) is 5.56. The fourth-order valence-corrected chi connectivity index (χ4v) is 5.12. The van der Waals surface area contributed by atoms with Crippen molar-refractivity contribution < 1.29 is 17.6 Å². The summed E-state index contributed by atoms with van der Waals surface area (Å²) in [6, 6.07) is 28.3. The zero-order chi connectivity index (χ0) is 24.8. The fraction of sp³-hybridized carbons (Fsp3) is 0.107. The maximum absolute atomic E-state index is 13.8. The molecule has 0 bridgehead atoms. The molecular weight excluding hydrogens is 463 g/mol. The van der Waals surface area contributed by atoms with E-state index in [-0.39, 0.29) is 35.1 Å². The first-order valence-electron chi connectivity index (χ1n) is 11.1. The van der Waals surface area contributed by atoms with Crippen molar-refractivity contribution in [3.63, 3.8) is 0 Å². The molecule has 0 aliphatic rings. The molecule has 0 aliphatic heterocycles. The van der Waals surface area contributed by atoms with E-state index >= 15 is 0 Å². The van der Waals surface area contributed by atoms with Crippen molar-refractivity contribution in [1.82, 2.24) is 5.32 Å². The molecule has 0 aromatic heterocycles. The first-order chi connectivity index (χ1) is 16.8. The molecule has 0 heterocycles. The van der Waals surface area contributed by atoms with Crippen LogP contribution in [0.3, 0.4) is 0 Å². The van der Waals surface area contributed by atoms with E-state index in [4.69, 9.17) is 0 Å². The van der Waals surface area contributed by atoms with Crippen LogP contribution >= 0.6 is 0 Å². The maximum Gasteiger partial charge on any atom is 0.264 e. The molecule has 0 fully saturated rings. The summed E-state index contributed by atoms with van der Waals surface area (Å²) in [5.74, 6) is -0.787. The lowest BCUT2D eigenvalue weighted by Gasteiger charge is -2.26. The normalized spacial score (nSPS) is 11.1. The lowest BCUT2D eigenvalue weighted by atomic mass is 10.1. The third kappa shape index (κ3) is 5.75. The Kier molecular flexibility index (Phi) is 7.27. The Morgan fingerprint density at radius 2 is 1.43 bits per heavy atom. The van der Waals surface area contributed by atoms with Crippen molar-refractivity contribution in [2.45, 2.75) is 24.9 Å². The molecule has 0 atom stereocenters. The quantitative estimate of drug-likeness (QED) is 0.358. The summed E-state index contributed by atoms with van der Waals surface area (Å²) in [6.07, 6.45) is 0. The van der Waals surface area contributed by atoms with E-state index in [1.54, 1.807) is 60.7 Å². The van der Waals surface area contributed by atoms with Gasteiger partial charge in [0.05, 0.1) is 22.7 Å². The number of carbonyl (C=O) groups excluding carboxylic acids is 1. The van der Waals surface area contributed by atoms with Crippen LogP contribution in [0.5, 0.6) is 0 Å². The van der Waals surface area contributed by atoms with Crippen LogP contribution in [-0.2, 0) is 23.1 Å². The minimum absolute atomic E-state index is 0.0549. The largest absolute Gasteiger partial charge is 0.348 e. The van der Waals surface area contributed by atoms with Crippen molar-refractivity contribution in [2.75, 3.05) is 4.31 Å². The predicted octanol–water partition coefficient (Wildman–Crippen LogP) is 5.46. The molecule has 178 valence electrons. The van der Waals surface area contributed by atoms with Crippen molar-refractivity contribution in [1.29, 1.82) is 0 Å². The zero-order valence-corrected chi connectivity index (χ0v) is 20.0. The van der Waals surface area contributed by atoms with Gasteiger partial charge < -0.3 is 5.32 Å². The molecule has 4 aromatic carbocycles. The second-order valence-corrected chi connectivity index (χ2v) is 10.00. The van der Waals surface area contributed by atoms with Gasteiger partial charge in [-0.25, -0.2) is 12.8 Å². The number of aryl methyl sites for hydroxylation is 1. The summed E-state index contributed by atoms with van der Waals surface area (Å²) in [5.41, 5.74) is 2.95. The summed E-state index contributed by atoms with van der Waals surface area (Å²) in [4.78, 5) is 13.3. The molecule has 0 aliphatic carbocycles. The monoisotopic (exact) mass is 488 g/mol. The number of rotatable bonds is 8. The highest BCUT2D eigenvalue weighted by molar-refractivity contribution is 7.92. The van der Waals surface area contributed by atoms with Crippen LogP contribution in [0.15, 0.2) is 108 Å². The number of sulfonamides is 1. The van der Waals surface area contributed by atoms with Crippen LogP contribution in [0.2, 0.25) is 0 Å². The lowest BCUT2D eigenvalue weighted by molar-refractivity contribution is 0.0951. The molecule has 4 aromatic rings. The summed E-state index contributed by atoms with van der Waals surface area (Å²) >= 11 is 0. The van der Waals surface area contributed by atoms with Gasteiger partial charge in [0.2, 0.25) is 0 Å². The van der Waals surface area contributed by atoms with E-state index in [9.17, 15) is 17.6 Å². The summed E-state index contributed by atoms with van der Waals surface area (Å²) < 4.78 is 42.0. The molecule has 5 nitrogen and oxygen atoms in total. The number of carbonyl (C=O) groups is 1. The lowest BCUT2D eigenvalue weighted by Crippen LogP contribution is -2.33. The van der Waals surface area contributed by atoms with Gasteiger partial charge in [-0.3, -0.25) is 9.10 Å². The van der Waals surface area contributed by atoms with E-state index in [2.05, 4.69) is 5.32 Å². The third-order valence-corrected chi connectivity index (χ3v) is 7.34. The number of amides is 1. The predicted molar refractivity (Wildman–Crippen MR) is 135 cm³/mol. The van der Waals surface area contributed by atoms with Crippen LogP contribution in [0.4, 0.5) is 10.1 Å². The highest BCUT2D eigenvalue weighted by Gasteiger charge is 2.28. The highest BCUT2D eigenvalue weighted by atomic mass is 32.2. The van der Waals surface area contributed by atoms with E-state index in [0.717, 1.165) is 16.7 Å². The molecule has 0 spiro atoms. The average molecular weight is 489 g/mol. The molecule has 35 heavy (non-hydrogen) atoms. The number of nitrogens with one attached hydrogen (secondary N) is 1. The Hall–Kier alpha value is -3.97. The molecule has 0 saturated carbocycles. The molecule has 0 saturated heterocycles. The van der Waals surface area contributed by atoms with Crippen LogP contribution < -0.4 is 9.62 Å². The smallest absolute Gasteiger partial charge is 0.264 e. The van der Waals surface area contributed by atoms with Crippen molar-refractivity contribution >= 4 is 21.6 Å². The van der Waals surface area contributed by atoms with Gasteiger partial charge in [-0.2, -0.15) is 0 Å². The molecule has 0 unspecified atom stereocenters. The minimum Gasteiger partial charge on any atom is -0.348 e. The Labute approximate surface area is 204 Å². The number of hydrogen-bond acceptors (Lipinski definition) is 3. The number of halogens is 1. The van der Waals surface area contributed by atoms with E-state index < -0.39 is 15.9 Å². The second kappa shape index (κ2) is 10.5. The Bertz CT molecular complexity index is 1410. The van der Waals surface area contributed by atoms with Crippen molar-refractivity contribution in [3.8, 4) is 0 Å². The molecule has 1 amide bonds. The van der Waals surface area contributed by atoms with Crippen molar-refractivity contribution in [2.24, 2.45) is 0 Å². The molecule has 4 rings (SSSR count). The number of anilines is 1. The van der Waals surface area contributed by atoms with Gasteiger partial charge in [0, 0.05) is 6.54 Å². The summed E-state index contributed by atoms with van der Waals surface area (Å²) in [5, 5.41) is 2.81. The second-order valence-electron chi connectivity index (χ2n) is 8.14. The van der Waals surface area contributed by atoms with E-state index in [0.29, 0.717) is 0 Å². The minimum atomic E-state index is -3.99. The van der Waals surface area contributed by atoms with Gasteiger partial charge in [-0.05, 0) is 54.4 Å². The summed E-state index contributed by atoms with van der Waals surface area (Å²) in [7, 11) is -3.99. The molecule has 1 N–H and O–H groups in total. The zero-order valence-electron chi connectivity index (χ0n) is 19.2. The topological polar surface area (TPSA) is 66.5 Å². The van der Waals surface area contributed by atoms with Crippen LogP contribution in [-0.4, -0.2) is 14.3 Å². The van der Waals surface area contributed by atoms with Crippen LogP contribution in [0.1, 0.15) is 27.0 Å². The van der Waals surface area contributed by atoms with E-state index in [1.165, 1.54) is 16.4 Å². The van der Waals surface area contributed by atoms with Gasteiger partial charge in [0.25, 0.3) is 15.9 Å². The number of hydrogen-bond donors (Lipinski definition) is 1. The number of para-hydroxylation sites is 1. The van der Waals surface area contributed by atoms with Gasteiger partial charge in [-0.1, -0.05) is 72.3 Å². The van der Waals surface area contributed by atoms with Crippen LogP contribution in [0, 0.1) is 12.7 Å². The Morgan fingerprint density at radius 1 is 0.800 bits per heavy atom. The molecular formula is C28H25FN2O3S. The molecule has 0 radical (unpaired) electrons. The Balaban J connectivity index is 1.71. The first kappa shape index (κ1) is 24.2. The highest BCUT2D eigenvalue weighted by Crippen LogP contribution is 2.29. The summed E-state index contributed by atoms with van der Waals surface area (Å²) in [6.45, 7) is 2.12. The standard InChI is InChI=1S/C28H25FN2O3S/c1-21-11-17-25(18-12-21)35(33,34)31(20-23-7-3-2-4-8-23)27-10-6-5-9-26(27)28(32)30-19-22-13-15-24(29)16-14-22/h2-18H,19-20H2,1H3,(H,30,32). The van der Waals surface area contributed by atoms with Gasteiger partial charge >= 0.3 is 0 Å². The van der Waals surface area contributed by atoms with E-state index in [1.807, 2.05) is 37.3 Å². The number of benzene rings is 4. The molecule has 7 heteroatoms. The van der Waals surface area contributed by atoms with Gasteiger partial charge in [0.1, 0.15) is 5.82 Å². The SMILES string of the molecule is Cc1ccc(S(=O)(=O)N(Cc2ccccc2)c2ccccc2C(=O)NCc2ccc(F)cc2)cc1. The van der Waals surface area contributed by atoms with Crippen LogP contribution in [0.25, 0.3) is 0 Å². The van der Waals surface area contributed by atoms with Gasteiger partial charge in [0.15, 0.2) is 0 Å². The van der Waals surface area contributed by atoms with Crippen molar-refractivity contribution in [3.05, 3.63) is 131 Å². The first-order valence-corrected chi connectivity index (χ1v) is 12.5. The fourth-order valence-electron chi connectivity index (χ4n) is 3.65. The Morgan fingerprint density at radius 3 is 2.11 bits per heavy atom. The average Bonchev–Trinajstić information content (AvgIpc) is 2.87. The van der Waals surface area contributed by atoms with Gasteiger partial charge in [-0.15, -0.1) is 0 Å².